The molecule has 32 heavy (non-hydrogen) atoms. The number of ether oxygens (including phenoxy) is 3. The second kappa shape index (κ2) is 10.3. The fourth-order valence-corrected chi connectivity index (χ4v) is 4.46. The van der Waals surface area contributed by atoms with Crippen molar-refractivity contribution in [2.45, 2.75) is 0 Å². The molecule has 0 aliphatic carbocycles. The van der Waals surface area contributed by atoms with Crippen molar-refractivity contribution >= 4 is 46.0 Å². The van der Waals surface area contributed by atoms with Crippen LogP contribution >= 0.6 is 24.0 Å². The molecule has 1 saturated heterocycles. The van der Waals surface area contributed by atoms with Crippen molar-refractivity contribution in [1.82, 2.24) is 0 Å². The number of nitrogens with zero attached hydrogens (tertiary/aromatic N) is 1. The summed E-state index contributed by atoms with van der Waals surface area (Å²) >= 11 is 6.72. The van der Waals surface area contributed by atoms with Crippen molar-refractivity contribution in [3.05, 3.63) is 89.3 Å². The van der Waals surface area contributed by atoms with Crippen molar-refractivity contribution < 1.29 is 19.0 Å². The Hall–Kier alpha value is -3.29. The number of benzene rings is 3. The minimum Gasteiger partial charge on any atom is -0.493 e. The summed E-state index contributed by atoms with van der Waals surface area (Å²) in [5.74, 6) is 1.93. The smallest absolute Gasteiger partial charge is 0.270 e. The third-order valence-corrected chi connectivity index (χ3v) is 5.94. The van der Waals surface area contributed by atoms with E-state index in [0.717, 1.165) is 11.3 Å². The first-order valence-electron chi connectivity index (χ1n) is 9.97. The summed E-state index contributed by atoms with van der Waals surface area (Å²) in [6.45, 7) is 0.748. The Bertz CT molecular complexity index is 1150. The van der Waals surface area contributed by atoms with Gasteiger partial charge in [-0.05, 0) is 48.0 Å². The number of thiocarbonyl (C=S) groups is 1. The van der Waals surface area contributed by atoms with E-state index in [-0.39, 0.29) is 5.91 Å². The van der Waals surface area contributed by atoms with E-state index in [1.165, 1.54) is 11.8 Å². The Balaban J connectivity index is 1.38. The molecule has 1 heterocycles. The quantitative estimate of drug-likeness (QED) is 0.248. The van der Waals surface area contributed by atoms with E-state index >= 15 is 0 Å². The summed E-state index contributed by atoms with van der Waals surface area (Å²) in [6, 6.07) is 24.5. The van der Waals surface area contributed by atoms with Gasteiger partial charge >= 0.3 is 0 Å². The second-order valence-electron chi connectivity index (χ2n) is 6.77. The summed E-state index contributed by atoms with van der Waals surface area (Å²) in [5.41, 5.74) is 1.63. The van der Waals surface area contributed by atoms with Crippen LogP contribution in [0.3, 0.4) is 0 Å². The van der Waals surface area contributed by atoms with E-state index in [9.17, 15) is 4.79 Å². The lowest BCUT2D eigenvalue weighted by Gasteiger charge is -2.13. The minimum absolute atomic E-state index is 0.122. The van der Waals surface area contributed by atoms with Crippen molar-refractivity contribution in [3.8, 4) is 17.2 Å². The first kappa shape index (κ1) is 21.9. The molecule has 1 fully saturated rings. The van der Waals surface area contributed by atoms with Crippen molar-refractivity contribution in [3.63, 3.8) is 0 Å². The SMILES string of the molecule is COc1ccccc1OCCOc1cccc(C=C2SC(=S)N(c3ccccc3)C2=O)c1. The number of thioether (sulfide) groups is 1. The van der Waals surface area contributed by atoms with E-state index in [1.807, 2.05) is 84.9 Å². The number of carbonyl (C=O) groups excluding carboxylic acids is 1. The maximum atomic E-state index is 12.9. The third kappa shape index (κ3) is 5.12. The van der Waals surface area contributed by atoms with Gasteiger partial charge in [0, 0.05) is 0 Å². The molecule has 1 amide bonds. The average Bonchev–Trinajstić information content (AvgIpc) is 3.10. The van der Waals surface area contributed by atoms with E-state index in [0.29, 0.717) is 39.7 Å². The third-order valence-electron chi connectivity index (χ3n) is 4.64. The van der Waals surface area contributed by atoms with Crippen LogP contribution in [0.4, 0.5) is 5.69 Å². The molecule has 162 valence electrons. The molecule has 0 unspecified atom stereocenters. The Morgan fingerprint density at radius 2 is 1.62 bits per heavy atom. The van der Waals surface area contributed by atoms with Gasteiger partial charge in [0.15, 0.2) is 15.8 Å². The number of methoxy groups -OCH3 is 1. The molecule has 3 aromatic carbocycles. The Labute approximate surface area is 196 Å². The van der Waals surface area contributed by atoms with Gasteiger partial charge in [0.1, 0.15) is 19.0 Å². The molecular weight excluding hydrogens is 442 g/mol. The molecule has 0 spiro atoms. The summed E-state index contributed by atoms with van der Waals surface area (Å²) in [5, 5.41) is 0. The fourth-order valence-electron chi connectivity index (χ4n) is 3.16. The predicted molar refractivity (Wildman–Crippen MR) is 133 cm³/mol. The molecule has 0 saturated carbocycles. The van der Waals surface area contributed by atoms with Crippen LogP contribution in [0.5, 0.6) is 17.2 Å². The molecule has 0 N–H and O–H groups in total. The van der Waals surface area contributed by atoms with Gasteiger partial charge in [-0.3, -0.25) is 9.69 Å². The summed E-state index contributed by atoms with van der Waals surface area (Å²) in [7, 11) is 1.61. The van der Waals surface area contributed by atoms with E-state index in [2.05, 4.69) is 0 Å². The predicted octanol–water partition coefficient (Wildman–Crippen LogP) is 5.56. The maximum absolute atomic E-state index is 12.9. The first-order chi connectivity index (χ1) is 15.7. The first-order valence-corrected chi connectivity index (χ1v) is 11.2. The van der Waals surface area contributed by atoms with E-state index in [1.54, 1.807) is 12.0 Å². The molecule has 7 heteroatoms. The van der Waals surface area contributed by atoms with Crippen LogP contribution in [0.2, 0.25) is 0 Å². The zero-order chi connectivity index (χ0) is 22.3. The highest BCUT2D eigenvalue weighted by molar-refractivity contribution is 8.27. The topological polar surface area (TPSA) is 48.0 Å². The van der Waals surface area contributed by atoms with Crippen LogP contribution in [0, 0.1) is 0 Å². The number of para-hydroxylation sites is 3. The van der Waals surface area contributed by atoms with Gasteiger partial charge < -0.3 is 14.2 Å². The molecule has 0 aromatic heterocycles. The molecule has 1 aliphatic rings. The maximum Gasteiger partial charge on any atom is 0.270 e. The lowest BCUT2D eigenvalue weighted by atomic mass is 10.2. The van der Waals surface area contributed by atoms with Gasteiger partial charge in [-0.25, -0.2) is 0 Å². The van der Waals surface area contributed by atoms with E-state index in [4.69, 9.17) is 26.4 Å². The number of rotatable bonds is 8. The Morgan fingerprint density at radius 1 is 0.906 bits per heavy atom. The van der Waals surface area contributed by atoms with Crippen molar-refractivity contribution in [2.24, 2.45) is 0 Å². The van der Waals surface area contributed by atoms with Gasteiger partial charge in [0.2, 0.25) is 0 Å². The van der Waals surface area contributed by atoms with Gasteiger partial charge in [0.05, 0.1) is 17.7 Å². The summed E-state index contributed by atoms with van der Waals surface area (Å²) in [6.07, 6.45) is 1.83. The van der Waals surface area contributed by atoms with E-state index < -0.39 is 0 Å². The van der Waals surface area contributed by atoms with Crippen LogP contribution in [-0.4, -0.2) is 30.6 Å². The number of anilines is 1. The van der Waals surface area contributed by atoms with Crippen molar-refractivity contribution in [1.29, 1.82) is 0 Å². The molecule has 0 atom stereocenters. The molecule has 1 aliphatic heterocycles. The van der Waals surface area contributed by atoms with Gasteiger partial charge in [-0.2, -0.15) is 0 Å². The largest absolute Gasteiger partial charge is 0.493 e. The van der Waals surface area contributed by atoms with Crippen LogP contribution in [0.15, 0.2) is 83.8 Å². The van der Waals surface area contributed by atoms with Crippen LogP contribution in [0.25, 0.3) is 6.08 Å². The zero-order valence-corrected chi connectivity index (χ0v) is 19.0. The molecule has 3 aromatic rings. The monoisotopic (exact) mass is 463 g/mol. The average molecular weight is 464 g/mol. The normalized spacial score (nSPS) is 14.7. The zero-order valence-electron chi connectivity index (χ0n) is 17.4. The highest BCUT2D eigenvalue weighted by atomic mass is 32.2. The van der Waals surface area contributed by atoms with Crippen LogP contribution < -0.4 is 19.1 Å². The molecule has 0 radical (unpaired) electrons. The summed E-state index contributed by atoms with van der Waals surface area (Å²) < 4.78 is 17.4. The molecule has 4 rings (SSSR count). The molecular formula is C25H21NO4S2. The summed E-state index contributed by atoms with van der Waals surface area (Å²) in [4.78, 5) is 15.0. The van der Waals surface area contributed by atoms with Crippen LogP contribution in [-0.2, 0) is 4.79 Å². The van der Waals surface area contributed by atoms with Gasteiger partial charge in [0.25, 0.3) is 5.91 Å². The number of amides is 1. The Kier molecular flexibility index (Phi) is 7.09. The van der Waals surface area contributed by atoms with Gasteiger partial charge in [-0.15, -0.1) is 0 Å². The standard InChI is InChI=1S/C25H21NO4S2/c1-28-21-12-5-6-13-22(21)30-15-14-29-20-11-7-8-18(16-20)17-23-24(27)26(25(31)32-23)19-9-3-2-4-10-19/h2-13,16-17H,14-15H2,1H3. The minimum atomic E-state index is -0.122. The molecule has 5 nitrogen and oxygen atoms in total. The highest BCUT2D eigenvalue weighted by Gasteiger charge is 2.33. The number of hydrogen-bond acceptors (Lipinski definition) is 6. The van der Waals surface area contributed by atoms with Crippen molar-refractivity contribution in [2.75, 3.05) is 25.2 Å². The number of hydrogen-bond donors (Lipinski definition) is 0. The lowest BCUT2D eigenvalue weighted by molar-refractivity contribution is -0.113. The van der Waals surface area contributed by atoms with Gasteiger partial charge in [-0.1, -0.05) is 66.4 Å². The van der Waals surface area contributed by atoms with Crippen LogP contribution in [0.1, 0.15) is 5.56 Å². The fraction of sp³-hybridized carbons (Fsp3) is 0.120. The molecule has 0 bridgehead atoms. The lowest BCUT2D eigenvalue weighted by Crippen LogP contribution is -2.27. The highest BCUT2D eigenvalue weighted by Crippen LogP contribution is 2.36. The second-order valence-corrected chi connectivity index (χ2v) is 8.45. The number of carbonyl (C=O) groups is 1. The Morgan fingerprint density at radius 3 is 2.41 bits per heavy atom.